The highest BCUT2D eigenvalue weighted by atomic mass is 32.2. The smallest absolute Gasteiger partial charge is 0.303 e. The Hall–Kier alpha value is -3.18. The van der Waals surface area contributed by atoms with Crippen molar-refractivity contribution < 1.29 is 14.6 Å². The Kier molecular flexibility index (Phi) is 6.40. The molecule has 1 heterocycles. The normalized spacial score (nSPS) is 10.9. The molecular formula is C25H23NO3S. The number of rotatable bonds is 9. The number of carboxylic acid groups (broad SMARTS) is 1. The molecule has 0 aliphatic carbocycles. The molecule has 0 atom stereocenters. The van der Waals surface area contributed by atoms with E-state index in [9.17, 15) is 4.79 Å². The van der Waals surface area contributed by atoms with Crippen LogP contribution in [0.3, 0.4) is 0 Å². The summed E-state index contributed by atoms with van der Waals surface area (Å²) < 4.78 is 6.14. The van der Waals surface area contributed by atoms with Gasteiger partial charge in [-0.1, -0.05) is 30.3 Å². The third-order valence-electron chi connectivity index (χ3n) is 4.89. The first-order chi connectivity index (χ1) is 14.7. The van der Waals surface area contributed by atoms with Gasteiger partial charge >= 0.3 is 5.97 Å². The minimum absolute atomic E-state index is 0.115. The highest BCUT2D eigenvalue weighted by molar-refractivity contribution is 7.99. The molecule has 0 saturated heterocycles. The van der Waals surface area contributed by atoms with Crippen LogP contribution in [0, 0.1) is 0 Å². The number of aromatic amines is 1. The van der Waals surface area contributed by atoms with E-state index >= 15 is 0 Å². The zero-order valence-corrected chi connectivity index (χ0v) is 17.3. The summed E-state index contributed by atoms with van der Waals surface area (Å²) >= 11 is 1.76. The maximum atomic E-state index is 11.0. The number of aryl methyl sites for hydroxylation is 1. The Labute approximate surface area is 179 Å². The highest BCUT2D eigenvalue weighted by Gasteiger charge is 2.10. The lowest BCUT2D eigenvalue weighted by Crippen LogP contribution is -2.03. The maximum absolute atomic E-state index is 11.0. The van der Waals surface area contributed by atoms with Gasteiger partial charge in [-0.25, -0.2) is 0 Å². The first-order valence-corrected chi connectivity index (χ1v) is 10.9. The number of ether oxygens (including phenoxy) is 1. The molecule has 0 saturated carbocycles. The molecule has 0 fully saturated rings. The van der Waals surface area contributed by atoms with Gasteiger partial charge in [0.1, 0.15) is 5.75 Å². The Morgan fingerprint density at radius 1 is 1.00 bits per heavy atom. The van der Waals surface area contributed by atoms with Gasteiger partial charge in [0.2, 0.25) is 0 Å². The third kappa shape index (κ3) is 5.05. The van der Waals surface area contributed by atoms with Crippen LogP contribution in [0.4, 0.5) is 0 Å². The van der Waals surface area contributed by atoms with Crippen LogP contribution in [0.25, 0.3) is 22.0 Å². The Bertz CT molecular complexity index is 1140. The van der Waals surface area contributed by atoms with Crippen molar-refractivity contribution in [2.24, 2.45) is 0 Å². The van der Waals surface area contributed by atoms with Crippen LogP contribution in [-0.2, 0) is 11.2 Å². The molecule has 1 aromatic heterocycles. The maximum Gasteiger partial charge on any atom is 0.303 e. The predicted octanol–water partition coefficient (Wildman–Crippen LogP) is 6.02. The lowest BCUT2D eigenvalue weighted by atomic mass is 9.99. The van der Waals surface area contributed by atoms with Gasteiger partial charge in [0.25, 0.3) is 0 Å². The van der Waals surface area contributed by atoms with E-state index in [1.165, 1.54) is 4.90 Å². The molecule has 2 N–H and O–H groups in total. The molecule has 0 amide bonds. The van der Waals surface area contributed by atoms with Crippen LogP contribution < -0.4 is 4.74 Å². The van der Waals surface area contributed by atoms with E-state index in [-0.39, 0.29) is 6.42 Å². The van der Waals surface area contributed by atoms with Crippen molar-refractivity contribution in [3.8, 4) is 16.9 Å². The van der Waals surface area contributed by atoms with Crippen LogP contribution in [-0.4, -0.2) is 28.4 Å². The second-order valence-electron chi connectivity index (χ2n) is 7.01. The van der Waals surface area contributed by atoms with Crippen molar-refractivity contribution in [3.05, 3.63) is 84.6 Å². The zero-order chi connectivity index (χ0) is 20.8. The van der Waals surface area contributed by atoms with E-state index in [0.29, 0.717) is 13.0 Å². The molecule has 4 rings (SSSR count). The fourth-order valence-electron chi connectivity index (χ4n) is 3.38. The van der Waals surface area contributed by atoms with Crippen molar-refractivity contribution in [3.63, 3.8) is 0 Å². The van der Waals surface area contributed by atoms with Gasteiger partial charge in [0.05, 0.1) is 6.61 Å². The quantitative estimate of drug-likeness (QED) is 0.258. The van der Waals surface area contributed by atoms with E-state index < -0.39 is 5.97 Å². The van der Waals surface area contributed by atoms with Crippen LogP contribution in [0.15, 0.2) is 83.9 Å². The summed E-state index contributed by atoms with van der Waals surface area (Å²) in [6.07, 6.45) is 2.54. The largest absolute Gasteiger partial charge is 0.492 e. The topological polar surface area (TPSA) is 62.3 Å². The Morgan fingerprint density at radius 3 is 2.70 bits per heavy atom. The fraction of sp³-hybridized carbons (Fsp3) is 0.160. The summed E-state index contributed by atoms with van der Waals surface area (Å²) in [6, 6.07) is 24.6. The van der Waals surface area contributed by atoms with E-state index in [1.54, 1.807) is 11.8 Å². The first kappa shape index (κ1) is 20.1. The molecule has 0 unspecified atom stereocenters. The summed E-state index contributed by atoms with van der Waals surface area (Å²) in [5, 5.41) is 10.2. The second-order valence-corrected chi connectivity index (χ2v) is 8.18. The number of carbonyl (C=O) groups is 1. The van der Waals surface area contributed by atoms with Gasteiger partial charge in [-0.15, -0.1) is 11.8 Å². The lowest BCUT2D eigenvalue weighted by molar-refractivity contribution is -0.136. The number of H-pyrrole nitrogens is 1. The minimum Gasteiger partial charge on any atom is -0.492 e. The number of benzene rings is 3. The monoisotopic (exact) mass is 417 g/mol. The number of fused-ring (bicyclic) bond motifs is 1. The predicted molar refractivity (Wildman–Crippen MR) is 122 cm³/mol. The number of aliphatic carboxylic acids is 1. The molecule has 0 spiro atoms. The first-order valence-electron chi connectivity index (χ1n) is 9.92. The molecule has 0 aliphatic rings. The van der Waals surface area contributed by atoms with Gasteiger partial charge in [-0.3, -0.25) is 4.79 Å². The van der Waals surface area contributed by atoms with Crippen molar-refractivity contribution in [1.29, 1.82) is 0 Å². The number of hydrogen-bond donors (Lipinski definition) is 2. The SMILES string of the molecule is O=C(O)CCc1ccc(OCCSc2ccccc2)c(-c2ccc3[nH]ccc3c2)c1. The van der Waals surface area contributed by atoms with Gasteiger partial charge < -0.3 is 14.8 Å². The number of aromatic nitrogens is 1. The molecule has 4 aromatic rings. The molecule has 0 radical (unpaired) electrons. The van der Waals surface area contributed by atoms with Crippen molar-refractivity contribution >= 4 is 28.6 Å². The van der Waals surface area contributed by atoms with Crippen LogP contribution >= 0.6 is 11.8 Å². The van der Waals surface area contributed by atoms with Gasteiger partial charge in [-0.2, -0.15) is 0 Å². The van der Waals surface area contributed by atoms with Crippen molar-refractivity contribution in [2.75, 3.05) is 12.4 Å². The molecule has 3 aromatic carbocycles. The number of thioether (sulfide) groups is 1. The average molecular weight is 418 g/mol. The number of nitrogens with one attached hydrogen (secondary N) is 1. The number of hydrogen-bond acceptors (Lipinski definition) is 3. The average Bonchev–Trinajstić information content (AvgIpc) is 3.24. The Balaban J connectivity index is 1.54. The molecule has 4 nitrogen and oxygen atoms in total. The Morgan fingerprint density at radius 2 is 1.87 bits per heavy atom. The van der Waals surface area contributed by atoms with E-state index in [0.717, 1.165) is 39.1 Å². The summed E-state index contributed by atoms with van der Waals surface area (Å²) in [6.45, 7) is 0.591. The van der Waals surface area contributed by atoms with Crippen molar-refractivity contribution in [1.82, 2.24) is 4.98 Å². The van der Waals surface area contributed by atoms with E-state index in [1.807, 2.05) is 42.6 Å². The van der Waals surface area contributed by atoms with Crippen LogP contribution in [0.5, 0.6) is 5.75 Å². The highest BCUT2D eigenvalue weighted by Crippen LogP contribution is 2.33. The van der Waals surface area contributed by atoms with Gasteiger partial charge in [0.15, 0.2) is 0 Å². The molecule has 30 heavy (non-hydrogen) atoms. The molecule has 5 heteroatoms. The third-order valence-corrected chi connectivity index (χ3v) is 5.86. The van der Waals surface area contributed by atoms with Crippen LogP contribution in [0.2, 0.25) is 0 Å². The minimum atomic E-state index is -0.788. The zero-order valence-electron chi connectivity index (χ0n) is 16.5. The molecular weight excluding hydrogens is 394 g/mol. The van der Waals surface area contributed by atoms with Gasteiger partial charge in [-0.05, 0) is 65.4 Å². The molecule has 0 aliphatic heterocycles. The standard InChI is InChI=1S/C25H23NO3S/c27-25(28)11-7-18-6-10-24(29-14-15-30-21-4-2-1-3-5-21)22(16-18)19-8-9-23-20(17-19)12-13-26-23/h1-6,8-10,12-13,16-17,26H,7,11,14-15H2,(H,27,28). The van der Waals surface area contributed by atoms with E-state index in [4.69, 9.17) is 9.84 Å². The number of carboxylic acids is 1. The van der Waals surface area contributed by atoms with Gasteiger partial charge in [0, 0.05) is 34.3 Å². The summed E-state index contributed by atoms with van der Waals surface area (Å²) in [7, 11) is 0. The fourth-order valence-corrected chi connectivity index (χ4v) is 4.14. The molecule has 0 bridgehead atoms. The summed E-state index contributed by atoms with van der Waals surface area (Å²) in [5.74, 6) is 0.877. The van der Waals surface area contributed by atoms with E-state index in [2.05, 4.69) is 41.4 Å². The van der Waals surface area contributed by atoms with Crippen molar-refractivity contribution in [2.45, 2.75) is 17.7 Å². The summed E-state index contributed by atoms with van der Waals surface area (Å²) in [5.41, 5.74) is 4.13. The lowest BCUT2D eigenvalue weighted by Gasteiger charge is -2.14. The summed E-state index contributed by atoms with van der Waals surface area (Å²) in [4.78, 5) is 15.4. The second kappa shape index (κ2) is 9.55. The van der Waals surface area contributed by atoms with Crippen LogP contribution in [0.1, 0.15) is 12.0 Å². The molecule has 152 valence electrons.